The maximum Gasteiger partial charge on any atom is 0.466 e. The van der Waals surface area contributed by atoms with Crippen LogP contribution in [0.2, 0.25) is 0 Å². The van der Waals surface area contributed by atoms with Gasteiger partial charge in [-0.05, 0) is 13.3 Å². The van der Waals surface area contributed by atoms with Crippen molar-refractivity contribution in [1.82, 2.24) is 6.15 Å². The van der Waals surface area contributed by atoms with Crippen LogP contribution in [0.5, 0.6) is 0 Å². The summed E-state index contributed by atoms with van der Waals surface area (Å²) >= 11 is 0. The standard InChI is InChI=1S/C4H11N.H3N.H3O4P/c1-3-4(2)5;;1-5(2,3)4/h4H,3,5H2,1-2H3;1H3;(H3,1,2,3,4). The van der Waals surface area contributed by atoms with E-state index in [0.717, 1.165) is 6.42 Å². The van der Waals surface area contributed by atoms with Crippen LogP contribution in [0.3, 0.4) is 0 Å². The van der Waals surface area contributed by atoms with Gasteiger partial charge in [0.15, 0.2) is 0 Å². The monoisotopic (exact) mass is 188 g/mol. The summed E-state index contributed by atoms with van der Waals surface area (Å²) in [5, 5.41) is 0. The fraction of sp³-hybridized carbons (Fsp3) is 1.00. The number of hydrogen-bond acceptors (Lipinski definition) is 3. The van der Waals surface area contributed by atoms with Crippen LogP contribution in [0.15, 0.2) is 0 Å². The van der Waals surface area contributed by atoms with Crippen molar-refractivity contribution in [1.29, 1.82) is 0 Å². The van der Waals surface area contributed by atoms with E-state index in [1.165, 1.54) is 0 Å². The van der Waals surface area contributed by atoms with Crippen LogP contribution in [0.25, 0.3) is 0 Å². The van der Waals surface area contributed by atoms with Crippen molar-refractivity contribution in [2.75, 3.05) is 0 Å². The molecule has 0 saturated carbocycles. The molecule has 0 aromatic carbocycles. The summed E-state index contributed by atoms with van der Waals surface area (Å²) in [7, 11) is -4.64. The highest BCUT2D eigenvalue weighted by Crippen LogP contribution is 2.25. The smallest absolute Gasteiger partial charge is 0.344 e. The average Bonchev–Trinajstić information content (AvgIpc) is 1.61. The Kier molecular flexibility index (Phi) is 12.7. The van der Waals surface area contributed by atoms with Crippen LogP contribution in [-0.2, 0) is 4.57 Å². The zero-order chi connectivity index (χ0) is 8.78. The number of hydrogen-bond donors (Lipinski definition) is 5. The molecular weight excluding hydrogens is 171 g/mol. The van der Waals surface area contributed by atoms with Gasteiger partial charge in [-0.1, -0.05) is 6.92 Å². The molecule has 0 aliphatic rings. The van der Waals surface area contributed by atoms with Gasteiger partial charge in [0.1, 0.15) is 0 Å². The largest absolute Gasteiger partial charge is 0.466 e. The molecule has 0 saturated heterocycles. The normalized spacial score (nSPS) is 12.2. The summed E-state index contributed by atoms with van der Waals surface area (Å²) in [5.41, 5.74) is 5.29. The Hall–Kier alpha value is 0.0300. The third-order valence-electron chi connectivity index (χ3n) is 0.644. The summed E-state index contributed by atoms with van der Waals surface area (Å²) in [6.07, 6.45) is 1.08. The summed E-state index contributed by atoms with van der Waals surface area (Å²) in [6, 6.07) is 0.384. The molecule has 1 atom stereocenters. The minimum absolute atomic E-state index is 0. The van der Waals surface area contributed by atoms with Gasteiger partial charge in [-0.25, -0.2) is 4.57 Å². The Balaban J connectivity index is -0.000000107. The Morgan fingerprint density at radius 1 is 1.45 bits per heavy atom. The zero-order valence-electron chi connectivity index (χ0n) is 6.77. The van der Waals surface area contributed by atoms with E-state index in [9.17, 15) is 0 Å². The lowest BCUT2D eigenvalue weighted by molar-refractivity contribution is 0.275. The second-order valence-corrected chi connectivity index (χ2v) is 2.93. The first-order valence-corrected chi connectivity index (χ1v) is 4.37. The molecule has 0 amide bonds. The number of nitrogens with two attached hydrogens (primary N) is 1. The molecule has 0 bridgehead atoms. The van der Waals surface area contributed by atoms with E-state index in [1.807, 2.05) is 6.92 Å². The van der Waals surface area contributed by atoms with Gasteiger partial charge < -0.3 is 26.6 Å². The summed E-state index contributed by atoms with van der Waals surface area (Å²) < 4.78 is 8.88. The van der Waals surface area contributed by atoms with Crippen molar-refractivity contribution in [3.63, 3.8) is 0 Å². The van der Waals surface area contributed by atoms with E-state index in [4.69, 9.17) is 25.0 Å². The first-order valence-electron chi connectivity index (χ1n) is 2.81. The third kappa shape index (κ3) is 157. The second-order valence-electron chi connectivity index (χ2n) is 1.90. The highest BCUT2D eigenvalue weighted by Gasteiger charge is 2.00. The van der Waals surface area contributed by atoms with E-state index in [0.29, 0.717) is 6.04 Å². The molecule has 0 aromatic rings. The Morgan fingerprint density at radius 3 is 1.55 bits per heavy atom. The molecule has 0 aromatic heterocycles. The van der Waals surface area contributed by atoms with Gasteiger partial charge in [0.2, 0.25) is 0 Å². The van der Waals surface area contributed by atoms with Crippen molar-refractivity contribution in [2.24, 2.45) is 5.73 Å². The molecule has 6 nitrogen and oxygen atoms in total. The van der Waals surface area contributed by atoms with Crippen LogP contribution in [0.4, 0.5) is 0 Å². The average molecular weight is 188 g/mol. The summed E-state index contributed by atoms with van der Waals surface area (Å²) in [4.78, 5) is 21.6. The van der Waals surface area contributed by atoms with Crippen LogP contribution in [0.1, 0.15) is 20.3 Å². The first kappa shape index (κ1) is 17.2. The van der Waals surface area contributed by atoms with Gasteiger partial charge in [-0.15, -0.1) is 0 Å². The van der Waals surface area contributed by atoms with E-state index in [1.54, 1.807) is 0 Å². The van der Waals surface area contributed by atoms with Crippen molar-refractivity contribution in [2.45, 2.75) is 26.3 Å². The van der Waals surface area contributed by atoms with Gasteiger partial charge in [0, 0.05) is 6.04 Å². The predicted octanol–water partition coefficient (Wildman–Crippen LogP) is -0.0230. The van der Waals surface area contributed by atoms with Gasteiger partial charge >= 0.3 is 7.82 Å². The van der Waals surface area contributed by atoms with Crippen LogP contribution in [-0.4, -0.2) is 20.7 Å². The van der Waals surface area contributed by atoms with Crippen LogP contribution in [0, 0.1) is 0 Å². The SMILES string of the molecule is CCC(C)N.N.O=P(O)(O)O. The predicted molar refractivity (Wildman–Crippen MR) is 43.2 cm³/mol. The molecule has 0 rings (SSSR count). The molecule has 0 aliphatic carbocycles. The topological polar surface area (TPSA) is 139 Å². The Bertz CT molecular complexity index is 104. The Labute approximate surface area is 66.2 Å². The molecule has 0 heterocycles. The fourth-order valence-corrected chi connectivity index (χ4v) is 0. The zero-order valence-corrected chi connectivity index (χ0v) is 7.66. The quantitative estimate of drug-likeness (QED) is 0.366. The molecule has 72 valence electrons. The van der Waals surface area contributed by atoms with Crippen molar-refractivity contribution in [3.8, 4) is 0 Å². The first-order chi connectivity index (χ1) is 4.27. The van der Waals surface area contributed by atoms with Crippen molar-refractivity contribution < 1.29 is 19.2 Å². The summed E-state index contributed by atoms with van der Waals surface area (Å²) in [6.45, 7) is 4.07. The van der Waals surface area contributed by atoms with Gasteiger partial charge in [0.05, 0.1) is 0 Å². The highest BCUT2D eigenvalue weighted by atomic mass is 31.2. The van der Waals surface area contributed by atoms with Gasteiger partial charge in [0.25, 0.3) is 0 Å². The van der Waals surface area contributed by atoms with Crippen molar-refractivity contribution in [3.05, 3.63) is 0 Å². The lowest BCUT2D eigenvalue weighted by atomic mass is 10.3. The van der Waals surface area contributed by atoms with Crippen molar-refractivity contribution >= 4 is 7.82 Å². The lowest BCUT2D eigenvalue weighted by Crippen LogP contribution is -2.11. The molecule has 0 spiro atoms. The molecular formula is C4H17N2O4P. The molecule has 0 radical (unpaired) electrons. The van der Waals surface area contributed by atoms with Crippen LogP contribution >= 0.6 is 7.82 Å². The number of rotatable bonds is 1. The maximum atomic E-state index is 8.88. The summed E-state index contributed by atoms with van der Waals surface area (Å²) in [5.74, 6) is 0. The maximum absolute atomic E-state index is 8.88. The van der Waals surface area contributed by atoms with Crippen LogP contribution < -0.4 is 11.9 Å². The van der Waals surface area contributed by atoms with Gasteiger partial charge in [-0.2, -0.15) is 0 Å². The third-order valence-corrected chi connectivity index (χ3v) is 0.644. The lowest BCUT2D eigenvalue weighted by Gasteiger charge is -1.91. The van der Waals surface area contributed by atoms with E-state index < -0.39 is 7.82 Å². The molecule has 0 aliphatic heterocycles. The minimum Gasteiger partial charge on any atom is -0.344 e. The minimum atomic E-state index is -4.64. The second kappa shape index (κ2) is 8.13. The highest BCUT2D eigenvalue weighted by molar-refractivity contribution is 7.45. The molecule has 8 N–H and O–H groups in total. The number of phosphoric acid groups is 1. The molecule has 11 heavy (non-hydrogen) atoms. The van der Waals surface area contributed by atoms with E-state index in [2.05, 4.69) is 6.92 Å². The molecule has 1 unspecified atom stereocenters. The molecule has 0 fully saturated rings. The van der Waals surface area contributed by atoms with E-state index >= 15 is 0 Å². The Morgan fingerprint density at radius 2 is 1.55 bits per heavy atom. The molecule has 7 heteroatoms. The van der Waals surface area contributed by atoms with E-state index in [-0.39, 0.29) is 6.15 Å². The van der Waals surface area contributed by atoms with Gasteiger partial charge in [-0.3, -0.25) is 0 Å². The fourth-order valence-electron chi connectivity index (χ4n) is 0.